The van der Waals surface area contributed by atoms with Crippen molar-refractivity contribution in [3.05, 3.63) is 24.2 Å². The molecule has 2 saturated heterocycles. The summed E-state index contributed by atoms with van der Waals surface area (Å²) in [4.78, 5) is 11.9. The van der Waals surface area contributed by atoms with Gasteiger partial charge in [-0.15, -0.1) is 0 Å². The van der Waals surface area contributed by atoms with Crippen LogP contribution in [0.1, 0.15) is 37.5 Å². The van der Waals surface area contributed by atoms with E-state index < -0.39 is 10.2 Å². The fourth-order valence-electron chi connectivity index (χ4n) is 3.50. The van der Waals surface area contributed by atoms with Crippen LogP contribution < -0.4 is 5.32 Å². The number of furan rings is 1. The second-order valence-electron chi connectivity index (χ2n) is 6.10. The molecule has 0 saturated carbocycles. The molecule has 0 radical (unpaired) electrons. The van der Waals surface area contributed by atoms with Gasteiger partial charge in [-0.05, 0) is 37.8 Å². The summed E-state index contributed by atoms with van der Waals surface area (Å²) in [5, 5.41) is 2.62. The van der Waals surface area contributed by atoms with Gasteiger partial charge >= 0.3 is 0 Å². The predicted molar refractivity (Wildman–Crippen MR) is 84.7 cm³/mol. The van der Waals surface area contributed by atoms with E-state index in [-0.39, 0.29) is 24.4 Å². The summed E-state index contributed by atoms with van der Waals surface area (Å²) < 4.78 is 34.5. The van der Waals surface area contributed by atoms with E-state index in [1.807, 2.05) is 6.07 Å². The number of carbonyl (C=O) groups excluding carboxylic acids is 1. The summed E-state index contributed by atoms with van der Waals surface area (Å²) in [6.45, 7) is 1.22. The largest absolute Gasteiger partial charge is 0.468 e. The molecule has 7 nitrogen and oxygen atoms in total. The Balaban J connectivity index is 1.79. The molecule has 3 heterocycles. The van der Waals surface area contributed by atoms with Crippen LogP contribution in [0.25, 0.3) is 0 Å². The minimum atomic E-state index is -3.58. The average molecular weight is 341 g/mol. The predicted octanol–water partition coefficient (Wildman–Crippen LogP) is 1.12. The molecule has 128 valence electrons. The Morgan fingerprint density at radius 1 is 1.30 bits per heavy atom. The Bertz CT molecular complexity index is 644. The molecular formula is C15H23N3O4S. The SMILES string of the molecule is CNC(=O)[C@H]1CCCN(S(=O)(=O)N2CCC[C@H]2c2ccco2)C1. The Morgan fingerprint density at radius 3 is 2.78 bits per heavy atom. The zero-order valence-electron chi connectivity index (χ0n) is 13.3. The lowest BCUT2D eigenvalue weighted by Crippen LogP contribution is -2.50. The number of amides is 1. The lowest BCUT2D eigenvalue weighted by atomic mass is 9.99. The zero-order valence-corrected chi connectivity index (χ0v) is 14.1. The van der Waals surface area contributed by atoms with Crippen molar-refractivity contribution >= 4 is 16.1 Å². The Kier molecular flexibility index (Phi) is 4.74. The third-order valence-electron chi connectivity index (χ3n) is 4.70. The molecule has 2 fully saturated rings. The molecule has 1 N–H and O–H groups in total. The van der Waals surface area contributed by atoms with Gasteiger partial charge in [0, 0.05) is 26.7 Å². The maximum absolute atomic E-state index is 13.0. The van der Waals surface area contributed by atoms with Crippen LogP contribution in [-0.4, -0.2) is 49.6 Å². The number of nitrogens with zero attached hydrogens (tertiary/aromatic N) is 2. The van der Waals surface area contributed by atoms with E-state index in [0.717, 1.165) is 19.3 Å². The molecule has 3 rings (SSSR count). The second kappa shape index (κ2) is 6.62. The first-order chi connectivity index (χ1) is 11.0. The van der Waals surface area contributed by atoms with E-state index in [0.29, 0.717) is 25.3 Å². The van der Waals surface area contributed by atoms with E-state index in [1.165, 1.54) is 8.61 Å². The first kappa shape index (κ1) is 16.5. The minimum absolute atomic E-state index is 0.0890. The lowest BCUT2D eigenvalue weighted by molar-refractivity contribution is -0.125. The molecule has 0 unspecified atom stereocenters. The summed E-state index contributed by atoms with van der Waals surface area (Å²) in [7, 11) is -2.00. The van der Waals surface area contributed by atoms with Crippen molar-refractivity contribution in [1.29, 1.82) is 0 Å². The first-order valence-electron chi connectivity index (χ1n) is 8.06. The van der Waals surface area contributed by atoms with Gasteiger partial charge in [-0.3, -0.25) is 4.79 Å². The standard InChI is InChI=1S/C15H23N3O4S/c1-16-15(19)12-5-2-8-17(11-12)23(20,21)18-9-3-6-13(18)14-7-4-10-22-14/h4,7,10,12-13H,2-3,5-6,8-9,11H2,1H3,(H,16,19)/t12-,13-/m0/s1. The highest BCUT2D eigenvalue weighted by atomic mass is 32.2. The van der Waals surface area contributed by atoms with E-state index in [1.54, 1.807) is 19.4 Å². The second-order valence-corrected chi connectivity index (χ2v) is 7.98. The van der Waals surface area contributed by atoms with Crippen LogP contribution in [0.4, 0.5) is 0 Å². The van der Waals surface area contributed by atoms with Crippen molar-refractivity contribution in [2.24, 2.45) is 5.92 Å². The third kappa shape index (κ3) is 3.15. The summed E-state index contributed by atoms with van der Waals surface area (Å²) in [5.41, 5.74) is 0. The van der Waals surface area contributed by atoms with Gasteiger partial charge in [0.05, 0.1) is 18.2 Å². The number of hydrogen-bond acceptors (Lipinski definition) is 4. The molecule has 23 heavy (non-hydrogen) atoms. The normalized spacial score (nSPS) is 27.2. The summed E-state index contributed by atoms with van der Waals surface area (Å²) in [5.74, 6) is 0.327. The van der Waals surface area contributed by atoms with E-state index >= 15 is 0 Å². The van der Waals surface area contributed by atoms with Crippen molar-refractivity contribution in [1.82, 2.24) is 13.9 Å². The smallest absolute Gasteiger partial charge is 0.282 e. The van der Waals surface area contributed by atoms with Crippen LogP contribution in [0.5, 0.6) is 0 Å². The Hall–Kier alpha value is -1.38. The first-order valence-corrected chi connectivity index (χ1v) is 9.45. The molecule has 8 heteroatoms. The molecule has 1 aromatic rings. The van der Waals surface area contributed by atoms with Gasteiger partial charge in [-0.2, -0.15) is 17.0 Å². The van der Waals surface area contributed by atoms with Crippen LogP contribution in [0.2, 0.25) is 0 Å². The van der Waals surface area contributed by atoms with Gasteiger partial charge in [0.1, 0.15) is 5.76 Å². The van der Waals surface area contributed by atoms with E-state index in [2.05, 4.69) is 5.32 Å². The molecule has 0 bridgehead atoms. The van der Waals surface area contributed by atoms with Crippen molar-refractivity contribution in [3.8, 4) is 0 Å². The van der Waals surface area contributed by atoms with Crippen LogP contribution in [-0.2, 0) is 15.0 Å². The van der Waals surface area contributed by atoms with Crippen molar-refractivity contribution < 1.29 is 17.6 Å². The van der Waals surface area contributed by atoms with Crippen molar-refractivity contribution in [2.75, 3.05) is 26.7 Å². The number of rotatable bonds is 4. The highest BCUT2D eigenvalue weighted by Crippen LogP contribution is 2.36. The fraction of sp³-hybridized carbons (Fsp3) is 0.667. The Morgan fingerprint density at radius 2 is 2.09 bits per heavy atom. The van der Waals surface area contributed by atoms with Gasteiger partial charge in [0.25, 0.3) is 10.2 Å². The van der Waals surface area contributed by atoms with Crippen LogP contribution in [0, 0.1) is 5.92 Å². The molecule has 2 aliphatic heterocycles. The molecule has 2 atom stereocenters. The molecule has 2 aliphatic rings. The summed E-state index contributed by atoms with van der Waals surface area (Å²) in [6.07, 6.45) is 4.58. The van der Waals surface area contributed by atoms with E-state index in [4.69, 9.17) is 4.42 Å². The number of nitrogens with one attached hydrogen (secondary N) is 1. The minimum Gasteiger partial charge on any atom is -0.468 e. The van der Waals surface area contributed by atoms with E-state index in [9.17, 15) is 13.2 Å². The molecule has 1 amide bonds. The lowest BCUT2D eigenvalue weighted by Gasteiger charge is -2.35. The van der Waals surface area contributed by atoms with Gasteiger partial charge in [0.2, 0.25) is 5.91 Å². The highest BCUT2D eigenvalue weighted by Gasteiger charge is 2.42. The topological polar surface area (TPSA) is 82.9 Å². The zero-order chi connectivity index (χ0) is 16.4. The van der Waals surface area contributed by atoms with Crippen molar-refractivity contribution in [3.63, 3.8) is 0 Å². The fourth-order valence-corrected chi connectivity index (χ4v) is 5.42. The Labute approximate surface area is 136 Å². The molecule has 0 spiro atoms. The van der Waals surface area contributed by atoms with Gasteiger partial charge in [0.15, 0.2) is 0 Å². The molecule has 0 aromatic carbocycles. The van der Waals surface area contributed by atoms with Gasteiger partial charge in [-0.1, -0.05) is 0 Å². The van der Waals surface area contributed by atoms with Crippen molar-refractivity contribution in [2.45, 2.75) is 31.7 Å². The third-order valence-corrected chi connectivity index (χ3v) is 6.71. The van der Waals surface area contributed by atoms with Crippen LogP contribution in [0.15, 0.2) is 22.8 Å². The highest BCUT2D eigenvalue weighted by molar-refractivity contribution is 7.86. The summed E-state index contributed by atoms with van der Waals surface area (Å²) in [6, 6.07) is 3.36. The average Bonchev–Trinajstić information content (AvgIpc) is 3.24. The number of piperidine rings is 1. The molecular weight excluding hydrogens is 318 g/mol. The summed E-state index contributed by atoms with van der Waals surface area (Å²) >= 11 is 0. The monoisotopic (exact) mass is 341 g/mol. The maximum atomic E-state index is 13.0. The van der Waals surface area contributed by atoms with Gasteiger partial charge < -0.3 is 9.73 Å². The van der Waals surface area contributed by atoms with Gasteiger partial charge in [-0.25, -0.2) is 0 Å². The quantitative estimate of drug-likeness (QED) is 0.889. The van der Waals surface area contributed by atoms with Crippen LogP contribution in [0.3, 0.4) is 0 Å². The molecule has 1 aromatic heterocycles. The van der Waals surface area contributed by atoms with Crippen LogP contribution >= 0.6 is 0 Å². The number of carbonyl (C=O) groups is 1. The maximum Gasteiger partial charge on any atom is 0.282 e. The number of hydrogen-bond donors (Lipinski definition) is 1. The molecule has 0 aliphatic carbocycles.